The van der Waals surface area contributed by atoms with Crippen molar-refractivity contribution < 1.29 is 14.3 Å². The van der Waals surface area contributed by atoms with E-state index >= 15 is 0 Å². The topological polar surface area (TPSA) is 58.6 Å². The van der Waals surface area contributed by atoms with Crippen molar-refractivity contribution in [1.29, 1.82) is 0 Å². The smallest absolute Gasteiger partial charge is 0.255 e. The van der Waals surface area contributed by atoms with Crippen molar-refractivity contribution in [3.8, 4) is 5.75 Å². The van der Waals surface area contributed by atoms with Crippen molar-refractivity contribution in [2.45, 2.75) is 13.0 Å². The number of anilines is 1. The number of benzene rings is 3. The minimum Gasteiger partial charge on any atom is -0.497 e. The lowest BCUT2D eigenvalue weighted by Crippen LogP contribution is -2.36. The van der Waals surface area contributed by atoms with E-state index in [1.54, 1.807) is 55.6 Å². The Hall–Kier alpha value is -3.60. The number of rotatable bonds is 4. The summed E-state index contributed by atoms with van der Waals surface area (Å²) in [4.78, 5) is 27.4. The standard InChI is InChI=1S/C24H22N2O3/c1-29-22-11-9-21(10-12-22)25-23(27)18-7-4-8-19(15-18)24(28)26-14-13-17-5-2-3-6-20(17)16-26/h2-12,15H,13-14,16H2,1H3,(H,25,27). The molecule has 1 N–H and O–H groups in total. The molecule has 3 aromatic carbocycles. The van der Waals surface area contributed by atoms with Crippen molar-refractivity contribution in [2.24, 2.45) is 0 Å². The normalized spacial score (nSPS) is 12.8. The average molecular weight is 386 g/mol. The number of hydrogen-bond acceptors (Lipinski definition) is 3. The van der Waals surface area contributed by atoms with E-state index in [1.807, 2.05) is 17.0 Å². The number of carbonyl (C=O) groups excluding carboxylic acids is 2. The van der Waals surface area contributed by atoms with Crippen molar-refractivity contribution in [3.63, 3.8) is 0 Å². The van der Waals surface area contributed by atoms with E-state index in [-0.39, 0.29) is 11.8 Å². The predicted molar refractivity (Wildman–Crippen MR) is 112 cm³/mol. The minimum atomic E-state index is -0.256. The summed E-state index contributed by atoms with van der Waals surface area (Å²) in [6.07, 6.45) is 0.847. The Morgan fingerprint density at radius 1 is 0.897 bits per heavy atom. The molecule has 3 aromatic rings. The van der Waals surface area contributed by atoms with Crippen molar-refractivity contribution >= 4 is 17.5 Å². The Morgan fingerprint density at radius 3 is 2.38 bits per heavy atom. The Labute approximate surface area is 169 Å². The molecule has 2 amide bonds. The van der Waals surface area contributed by atoms with Crippen LogP contribution in [0.25, 0.3) is 0 Å². The molecule has 4 rings (SSSR count). The van der Waals surface area contributed by atoms with Crippen LogP contribution in [0.4, 0.5) is 5.69 Å². The van der Waals surface area contributed by atoms with Gasteiger partial charge in [0.15, 0.2) is 0 Å². The fourth-order valence-electron chi connectivity index (χ4n) is 3.52. The van der Waals surface area contributed by atoms with Crippen LogP contribution in [0.5, 0.6) is 5.75 Å². The molecule has 1 aliphatic heterocycles. The van der Waals surface area contributed by atoms with E-state index in [0.29, 0.717) is 29.9 Å². The van der Waals surface area contributed by atoms with Gasteiger partial charge in [0.05, 0.1) is 7.11 Å². The van der Waals surface area contributed by atoms with Gasteiger partial charge in [-0.2, -0.15) is 0 Å². The molecule has 0 spiro atoms. The lowest BCUT2D eigenvalue weighted by molar-refractivity contribution is 0.0734. The summed E-state index contributed by atoms with van der Waals surface area (Å²) in [5.74, 6) is 0.408. The molecule has 146 valence electrons. The molecule has 0 saturated carbocycles. The van der Waals surface area contributed by atoms with Gasteiger partial charge in [-0.05, 0) is 60.0 Å². The van der Waals surface area contributed by atoms with Gasteiger partial charge >= 0.3 is 0 Å². The van der Waals surface area contributed by atoms with Gasteiger partial charge in [-0.3, -0.25) is 9.59 Å². The molecule has 5 heteroatoms. The summed E-state index contributed by atoms with van der Waals surface area (Å²) in [6.45, 7) is 1.27. The second-order valence-corrected chi connectivity index (χ2v) is 7.01. The third-order valence-corrected chi connectivity index (χ3v) is 5.14. The van der Waals surface area contributed by atoms with Gasteiger partial charge in [0, 0.05) is 29.9 Å². The van der Waals surface area contributed by atoms with Crippen molar-refractivity contribution in [1.82, 2.24) is 4.90 Å². The van der Waals surface area contributed by atoms with Crippen LogP contribution in [0.1, 0.15) is 31.8 Å². The molecule has 0 radical (unpaired) electrons. The van der Waals surface area contributed by atoms with E-state index in [9.17, 15) is 9.59 Å². The average Bonchev–Trinajstić information content (AvgIpc) is 2.79. The number of ether oxygens (including phenoxy) is 1. The van der Waals surface area contributed by atoms with Crippen LogP contribution < -0.4 is 10.1 Å². The summed E-state index contributed by atoms with van der Waals surface area (Å²) in [5, 5.41) is 2.85. The van der Waals surface area contributed by atoms with Crippen LogP contribution in [-0.2, 0) is 13.0 Å². The molecule has 0 aliphatic carbocycles. The van der Waals surface area contributed by atoms with Gasteiger partial charge in [0.25, 0.3) is 11.8 Å². The van der Waals surface area contributed by atoms with E-state index < -0.39 is 0 Å². The fraction of sp³-hybridized carbons (Fsp3) is 0.167. The second kappa shape index (κ2) is 8.19. The highest BCUT2D eigenvalue weighted by molar-refractivity contribution is 6.06. The maximum atomic E-state index is 13.0. The maximum Gasteiger partial charge on any atom is 0.255 e. The number of carbonyl (C=O) groups is 2. The van der Waals surface area contributed by atoms with Crippen LogP contribution in [0, 0.1) is 0 Å². The number of fused-ring (bicyclic) bond motifs is 1. The van der Waals surface area contributed by atoms with Crippen LogP contribution in [0.15, 0.2) is 72.8 Å². The molecular formula is C24H22N2O3. The van der Waals surface area contributed by atoms with E-state index in [4.69, 9.17) is 4.74 Å². The largest absolute Gasteiger partial charge is 0.497 e. The first-order valence-electron chi connectivity index (χ1n) is 9.55. The summed E-state index contributed by atoms with van der Waals surface area (Å²) in [7, 11) is 1.59. The first kappa shape index (κ1) is 18.7. The number of amides is 2. The number of nitrogens with one attached hydrogen (secondary N) is 1. The lowest BCUT2D eigenvalue weighted by Gasteiger charge is -2.29. The molecule has 0 bridgehead atoms. The van der Waals surface area contributed by atoms with Crippen LogP contribution >= 0.6 is 0 Å². The van der Waals surface area contributed by atoms with Gasteiger partial charge in [-0.1, -0.05) is 30.3 Å². The quantitative estimate of drug-likeness (QED) is 0.733. The highest BCUT2D eigenvalue weighted by atomic mass is 16.5. The molecule has 0 saturated heterocycles. The monoisotopic (exact) mass is 386 g/mol. The van der Waals surface area contributed by atoms with Gasteiger partial charge in [0.1, 0.15) is 5.75 Å². The second-order valence-electron chi connectivity index (χ2n) is 7.01. The van der Waals surface area contributed by atoms with Gasteiger partial charge in [-0.15, -0.1) is 0 Å². The van der Waals surface area contributed by atoms with Crippen molar-refractivity contribution in [3.05, 3.63) is 95.1 Å². The minimum absolute atomic E-state index is 0.0569. The fourth-order valence-corrected chi connectivity index (χ4v) is 3.52. The number of methoxy groups -OCH3 is 1. The first-order chi connectivity index (χ1) is 14.1. The summed E-state index contributed by atoms with van der Waals surface area (Å²) in [6, 6.07) is 22.2. The zero-order valence-electron chi connectivity index (χ0n) is 16.2. The molecule has 0 aromatic heterocycles. The first-order valence-corrected chi connectivity index (χ1v) is 9.55. The molecule has 1 aliphatic rings. The molecular weight excluding hydrogens is 364 g/mol. The number of nitrogens with zero attached hydrogens (tertiary/aromatic N) is 1. The van der Waals surface area contributed by atoms with Gasteiger partial charge < -0.3 is 15.0 Å². The Bertz CT molecular complexity index is 1040. The Kier molecular flexibility index (Phi) is 5.29. The Balaban J connectivity index is 1.48. The highest BCUT2D eigenvalue weighted by Crippen LogP contribution is 2.21. The summed E-state index contributed by atoms with van der Waals surface area (Å²) in [5.41, 5.74) is 4.11. The van der Waals surface area contributed by atoms with Gasteiger partial charge in [0.2, 0.25) is 0 Å². The van der Waals surface area contributed by atoms with Crippen LogP contribution in [0.3, 0.4) is 0 Å². The molecule has 0 atom stereocenters. The van der Waals surface area contributed by atoms with E-state index in [0.717, 1.165) is 12.2 Å². The zero-order valence-corrected chi connectivity index (χ0v) is 16.2. The maximum absolute atomic E-state index is 13.0. The summed E-state index contributed by atoms with van der Waals surface area (Å²) >= 11 is 0. The zero-order chi connectivity index (χ0) is 20.2. The molecule has 1 heterocycles. The van der Waals surface area contributed by atoms with Crippen LogP contribution in [0.2, 0.25) is 0 Å². The SMILES string of the molecule is COc1ccc(NC(=O)c2cccc(C(=O)N3CCc4ccccc4C3)c2)cc1. The van der Waals surface area contributed by atoms with Crippen LogP contribution in [-0.4, -0.2) is 30.4 Å². The van der Waals surface area contributed by atoms with Crippen molar-refractivity contribution in [2.75, 3.05) is 19.0 Å². The molecule has 0 unspecified atom stereocenters. The highest BCUT2D eigenvalue weighted by Gasteiger charge is 2.22. The molecule has 0 fully saturated rings. The third kappa shape index (κ3) is 4.14. The van der Waals surface area contributed by atoms with E-state index in [2.05, 4.69) is 17.4 Å². The molecule has 5 nitrogen and oxygen atoms in total. The lowest BCUT2D eigenvalue weighted by atomic mass is 9.99. The van der Waals surface area contributed by atoms with Gasteiger partial charge in [-0.25, -0.2) is 0 Å². The number of hydrogen-bond donors (Lipinski definition) is 1. The Morgan fingerprint density at radius 2 is 1.62 bits per heavy atom. The molecule has 29 heavy (non-hydrogen) atoms. The third-order valence-electron chi connectivity index (χ3n) is 5.14. The predicted octanol–water partition coefficient (Wildman–Crippen LogP) is 4.15. The van der Waals surface area contributed by atoms with E-state index in [1.165, 1.54) is 11.1 Å². The summed E-state index contributed by atoms with van der Waals surface area (Å²) < 4.78 is 5.13.